The predicted octanol–water partition coefficient (Wildman–Crippen LogP) is 4.36. The zero-order valence-electron chi connectivity index (χ0n) is 16.4. The molecular formula is C22H32N4. The molecule has 2 atom stereocenters. The van der Waals surface area contributed by atoms with Crippen molar-refractivity contribution in [2.24, 2.45) is 0 Å². The number of hydrogen-bond donors (Lipinski definition) is 1. The van der Waals surface area contributed by atoms with E-state index in [4.69, 9.17) is 9.97 Å². The van der Waals surface area contributed by atoms with Gasteiger partial charge in [0, 0.05) is 12.4 Å². The maximum atomic E-state index is 4.77. The normalized spacial score (nSPS) is 21.0. The zero-order chi connectivity index (χ0) is 18.4. The third kappa shape index (κ3) is 4.30. The van der Waals surface area contributed by atoms with Crippen LogP contribution in [-0.4, -0.2) is 35.0 Å². The number of hydrogen-bond acceptors (Lipinski definition) is 4. The van der Waals surface area contributed by atoms with Crippen molar-refractivity contribution in [3.8, 4) is 0 Å². The Morgan fingerprint density at radius 3 is 2.04 bits per heavy atom. The van der Waals surface area contributed by atoms with E-state index < -0.39 is 0 Å². The lowest BCUT2D eigenvalue weighted by Gasteiger charge is -2.42. The standard InChI is InChI=1S/C22H32N4/c1-17-9-7-14-24-21(17)19-11-6-12-20(22-18(2)10-8-15-25-22)26(19)16-5-4-13-23-3/h7-10,14-15,19-20,23H,4-6,11-13,16H2,1-3H3/t19-,20+. The second kappa shape index (κ2) is 9.24. The number of pyridine rings is 2. The summed E-state index contributed by atoms with van der Waals surface area (Å²) in [7, 11) is 2.03. The number of nitrogens with zero attached hydrogens (tertiary/aromatic N) is 3. The number of rotatable bonds is 7. The van der Waals surface area contributed by atoms with Gasteiger partial charge in [-0.1, -0.05) is 12.1 Å². The molecule has 1 N–H and O–H groups in total. The molecule has 26 heavy (non-hydrogen) atoms. The van der Waals surface area contributed by atoms with Gasteiger partial charge in [-0.15, -0.1) is 0 Å². The number of likely N-dealkylation sites (tertiary alicyclic amines) is 1. The van der Waals surface area contributed by atoms with Crippen LogP contribution in [0.15, 0.2) is 36.7 Å². The number of unbranched alkanes of at least 4 members (excludes halogenated alkanes) is 1. The largest absolute Gasteiger partial charge is 0.320 e. The lowest BCUT2D eigenvalue weighted by atomic mass is 9.88. The van der Waals surface area contributed by atoms with E-state index in [1.54, 1.807) is 0 Å². The van der Waals surface area contributed by atoms with Gasteiger partial charge in [0.05, 0.1) is 23.5 Å². The molecule has 3 rings (SSSR count). The van der Waals surface area contributed by atoms with Crippen molar-refractivity contribution in [1.29, 1.82) is 0 Å². The van der Waals surface area contributed by atoms with Gasteiger partial charge in [-0.25, -0.2) is 0 Å². The van der Waals surface area contributed by atoms with Crippen LogP contribution < -0.4 is 5.32 Å². The van der Waals surface area contributed by atoms with Crippen LogP contribution in [0.4, 0.5) is 0 Å². The summed E-state index contributed by atoms with van der Waals surface area (Å²) in [6.45, 7) is 6.56. The molecule has 0 spiro atoms. The molecule has 0 aliphatic carbocycles. The van der Waals surface area contributed by atoms with Crippen molar-refractivity contribution in [1.82, 2.24) is 20.2 Å². The summed E-state index contributed by atoms with van der Waals surface area (Å²) in [5.74, 6) is 0. The van der Waals surface area contributed by atoms with E-state index in [1.807, 2.05) is 31.6 Å². The van der Waals surface area contributed by atoms with Gasteiger partial charge in [0.2, 0.25) is 0 Å². The van der Waals surface area contributed by atoms with E-state index in [0.717, 1.165) is 13.1 Å². The predicted molar refractivity (Wildman–Crippen MR) is 107 cm³/mol. The SMILES string of the molecule is CNCCCCN1[C@@H](c2ncccc2C)CCC[C@H]1c1ncccc1C. The summed E-state index contributed by atoms with van der Waals surface area (Å²) in [5, 5.41) is 3.27. The molecule has 1 fully saturated rings. The summed E-state index contributed by atoms with van der Waals surface area (Å²) in [4.78, 5) is 12.2. The molecule has 4 heteroatoms. The lowest BCUT2D eigenvalue weighted by molar-refractivity contribution is 0.0743. The fourth-order valence-corrected chi connectivity index (χ4v) is 4.24. The maximum absolute atomic E-state index is 4.77. The van der Waals surface area contributed by atoms with Crippen LogP contribution in [0.2, 0.25) is 0 Å². The molecule has 0 amide bonds. The van der Waals surface area contributed by atoms with Crippen molar-refractivity contribution in [3.63, 3.8) is 0 Å². The van der Waals surface area contributed by atoms with Gasteiger partial charge in [-0.3, -0.25) is 14.9 Å². The quantitative estimate of drug-likeness (QED) is 0.752. The van der Waals surface area contributed by atoms with E-state index >= 15 is 0 Å². The van der Waals surface area contributed by atoms with Crippen LogP contribution in [-0.2, 0) is 0 Å². The Labute approximate surface area is 158 Å². The fourth-order valence-electron chi connectivity index (χ4n) is 4.24. The molecule has 0 unspecified atom stereocenters. The summed E-state index contributed by atoms with van der Waals surface area (Å²) < 4.78 is 0. The van der Waals surface area contributed by atoms with E-state index in [1.165, 1.54) is 54.6 Å². The summed E-state index contributed by atoms with van der Waals surface area (Å²) in [5.41, 5.74) is 5.10. The van der Waals surface area contributed by atoms with Crippen molar-refractivity contribution in [2.45, 2.75) is 58.0 Å². The monoisotopic (exact) mass is 352 g/mol. The number of aryl methyl sites for hydroxylation is 2. The van der Waals surface area contributed by atoms with Crippen LogP contribution in [0, 0.1) is 13.8 Å². The van der Waals surface area contributed by atoms with Crippen LogP contribution in [0.5, 0.6) is 0 Å². The Morgan fingerprint density at radius 1 is 0.962 bits per heavy atom. The average Bonchev–Trinajstić information content (AvgIpc) is 2.66. The van der Waals surface area contributed by atoms with Gasteiger partial charge >= 0.3 is 0 Å². The summed E-state index contributed by atoms with van der Waals surface area (Å²) in [6, 6.07) is 9.25. The molecular weight excluding hydrogens is 320 g/mol. The third-order valence-corrected chi connectivity index (χ3v) is 5.58. The number of aromatic nitrogens is 2. The first kappa shape index (κ1) is 19.0. The molecule has 1 saturated heterocycles. The van der Waals surface area contributed by atoms with Crippen LogP contribution >= 0.6 is 0 Å². The second-order valence-corrected chi connectivity index (χ2v) is 7.42. The van der Waals surface area contributed by atoms with Crippen molar-refractivity contribution < 1.29 is 0 Å². The first-order chi connectivity index (χ1) is 12.7. The molecule has 1 aliphatic rings. The Balaban J connectivity index is 1.90. The highest BCUT2D eigenvalue weighted by Gasteiger charge is 2.34. The highest BCUT2D eigenvalue weighted by Crippen LogP contribution is 2.42. The minimum atomic E-state index is 0.394. The molecule has 3 heterocycles. The van der Waals surface area contributed by atoms with Gasteiger partial charge in [0.15, 0.2) is 0 Å². The Morgan fingerprint density at radius 2 is 1.54 bits per heavy atom. The van der Waals surface area contributed by atoms with Gasteiger partial charge in [0.25, 0.3) is 0 Å². The van der Waals surface area contributed by atoms with Crippen molar-refractivity contribution in [2.75, 3.05) is 20.1 Å². The molecule has 0 saturated carbocycles. The van der Waals surface area contributed by atoms with Gasteiger partial charge in [-0.05, 0) is 89.3 Å². The second-order valence-electron chi connectivity index (χ2n) is 7.42. The van der Waals surface area contributed by atoms with Gasteiger partial charge in [-0.2, -0.15) is 0 Å². The van der Waals surface area contributed by atoms with E-state index in [9.17, 15) is 0 Å². The molecule has 0 aromatic carbocycles. The van der Waals surface area contributed by atoms with Crippen LogP contribution in [0.25, 0.3) is 0 Å². The minimum absolute atomic E-state index is 0.394. The average molecular weight is 353 g/mol. The number of piperidine rings is 1. The van der Waals surface area contributed by atoms with E-state index in [-0.39, 0.29) is 0 Å². The fraction of sp³-hybridized carbons (Fsp3) is 0.545. The highest BCUT2D eigenvalue weighted by atomic mass is 15.2. The van der Waals surface area contributed by atoms with Crippen molar-refractivity contribution >= 4 is 0 Å². The minimum Gasteiger partial charge on any atom is -0.320 e. The van der Waals surface area contributed by atoms with Gasteiger partial charge in [0.1, 0.15) is 0 Å². The molecule has 0 bridgehead atoms. The van der Waals surface area contributed by atoms with Crippen LogP contribution in [0.1, 0.15) is 66.7 Å². The molecule has 140 valence electrons. The molecule has 0 radical (unpaired) electrons. The molecule has 2 aromatic heterocycles. The van der Waals surface area contributed by atoms with Gasteiger partial charge < -0.3 is 5.32 Å². The van der Waals surface area contributed by atoms with E-state index in [0.29, 0.717) is 12.1 Å². The molecule has 4 nitrogen and oxygen atoms in total. The summed E-state index contributed by atoms with van der Waals surface area (Å²) >= 11 is 0. The molecule has 2 aromatic rings. The van der Waals surface area contributed by atoms with Crippen molar-refractivity contribution in [3.05, 3.63) is 59.2 Å². The Hall–Kier alpha value is -1.78. The third-order valence-electron chi connectivity index (χ3n) is 5.58. The summed E-state index contributed by atoms with van der Waals surface area (Å²) in [6.07, 6.45) is 9.89. The van der Waals surface area contributed by atoms with Crippen LogP contribution in [0.3, 0.4) is 0 Å². The van der Waals surface area contributed by atoms with E-state index in [2.05, 4.69) is 36.2 Å². The molecule has 1 aliphatic heterocycles. The number of nitrogens with one attached hydrogen (secondary N) is 1. The maximum Gasteiger partial charge on any atom is 0.0604 e. The highest BCUT2D eigenvalue weighted by molar-refractivity contribution is 5.25. The topological polar surface area (TPSA) is 41.0 Å². The zero-order valence-corrected chi connectivity index (χ0v) is 16.4. The first-order valence-electron chi connectivity index (χ1n) is 9.95. The smallest absolute Gasteiger partial charge is 0.0604 e. The Bertz CT molecular complexity index is 647. The lowest BCUT2D eigenvalue weighted by Crippen LogP contribution is -2.38. The first-order valence-corrected chi connectivity index (χ1v) is 9.95. The Kier molecular flexibility index (Phi) is 6.75.